The molecule has 0 aromatic carbocycles. The zero-order valence-electron chi connectivity index (χ0n) is 8.14. The number of rotatable bonds is 5. The van der Waals surface area contributed by atoms with E-state index in [1.54, 1.807) is 6.92 Å². The zero-order chi connectivity index (χ0) is 9.73. The van der Waals surface area contributed by atoms with Crippen molar-refractivity contribution in [1.29, 1.82) is 0 Å². The molecular formula is C8H16N4O. The van der Waals surface area contributed by atoms with Gasteiger partial charge in [0.15, 0.2) is 12.1 Å². The third kappa shape index (κ3) is 2.77. The van der Waals surface area contributed by atoms with Crippen molar-refractivity contribution in [1.82, 2.24) is 20.2 Å². The summed E-state index contributed by atoms with van der Waals surface area (Å²) in [6.07, 6.45) is 5.22. The van der Waals surface area contributed by atoms with Gasteiger partial charge in [-0.3, -0.25) is 0 Å². The van der Waals surface area contributed by atoms with Crippen LogP contribution in [0.1, 0.15) is 39.5 Å². The molecule has 0 saturated heterocycles. The minimum atomic E-state index is -0.994. The van der Waals surface area contributed by atoms with Crippen LogP contribution in [0.15, 0.2) is 6.33 Å². The molecule has 0 spiro atoms. The van der Waals surface area contributed by atoms with E-state index < -0.39 is 5.72 Å². The molecule has 0 fully saturated rings. The van der Waals surface area contributed by atoms with Crippen LogP contribution in [0, 0.1) is 0 Å². The summed E-state index contributed by atoms with van der Waals surface area (Å²) in [5.74, 6) is 0. The molecule has 5 heteroatoms. The van der Waals surface area contributed by atoms with Gasteiger partial charge in [0.05, 0.1) is 0 Å². The monoisotopic (exact) mass is 184 g/mol. The number of aliphatic hydroxyl groups is 1. The average Bonchev–Trinajstić information content (AvgIpc) is 2.56. The molecule has 5 nitrogen and oxygen atoms in total. The van der Waals surface area contributed by atoms with Crippen molar-refractivity contribution in [3.05, 3.63) is 6.33 Å². The highest BCUT2D eigenvalue weighted by Gasteiger charge is 2.23. The molecule has 0 radical (unpaired) electrons. The lowest BCUT2D eigenvalue weighted by Gasteiger charge is -2.20. The second kappa shape index (κ2) is 4.32. The van der Waals surface area contributed by atoms with E-state index >= 15 is 0 Å². The Bertz CT molecular complexity index is 232. The number of aromatic nitrogens is 4. The fourth-order valence-electron chi connectivity index (χ4n) is 1.20. The highest BCUT2D eigenvalue weighted by atomic mass is 16.3. The van der Waals surface area contributed by atoms with Gasteiger partial charge in [-0.1, -0.05) is 19.8 Å². The molecule has 1 unspecified atom stereocenters. The predicted molar refractivity (Wildman–Crippen MR) is 47.8 cm³/mol. The molecule has 13 heavy (non-hydrogen) atoms. The Balaban J connectivity index is 2.46. The summed E-state index contributed by atoms with van der Waals surface area (Å²) >= 11 is 0. The molecular weight excluding hydrogens is 168 g/mol. The largest absolute Gasteiger partial charge is 0.368 e. The van der Waals surface area contributed by atoms with Gasteiger partial charge in [-0.2, -0.15) is 0 Å². The molecule has 1 N–H and O–H groups in total. The number of hydrogen-bond donors (Lipinski definition) is 1. The van der Waals surface area contributed by atoms with E-state index in [-0.39, 0.29) is 0 Å². The Labute approximate surface area is 77.8 Å². The highest BCUT2D eigenvalue weighted by molar-refractivity contribution is 4.63. The molecule has 1 rings (SSSR count). The summed E-state index contributed by atoms with van der Waals surface area (Å²) in [7, 11) is 0. The molecule has 1 aromatic heterocycles. The molecule has 1 atom stereocenters. The maximum Gasteiger partial charge on any atom is 0.175 e. The van der Waals surface area contributed by atoms with E-state index in [1.807, 2.05) is 0 Å². The van der Waals surface area contributed by atoms with Gasteiger partial charge >= 0.3 is 0 Å². The second-order valence-corrected chi connectivity index (χ2v) is 3.40. The van der Waals surface area contributed by atoms with E-state index in [2.05, 4.69) is 22.3 Å². The molecule has 0 aliphatic rings. The molecule has 0 saturated carbocycles. The van der Waals surface area contributed by atoms with E-state index in [4.69, 9.17) is 0 Å². The molecule has 1 heterocycles. The van der Waals surface area contributed by atoms with Crippen molar-refractivity contribution in [2.75, 3.05) is 0 Å². The van der Waals surface area contributed by atoms with Crippen molar-refractivity contribution in [2.45, 2.75) is 45.3 Å². The van der Waals surface area contributed by atoms with Crippen LogP contribution in [0.5, 0.6) is 0 Å². The maximum absolute atomic E-state index is 9.90. The van der Waals surface area contributed by atoms with Crippen molar-refractivity contribution >= 4 is 0 Å². The van der Waals surface area contributed by atoms with Crippen LogP contribution in [0.4, 0.5) is 0 Å². The van der Waals surface area contributed by atoms with Crippen LogP contribution in [-0.2, 0) is 5.72 Å². The molecule has 74 valence electrons. The first-order chi connectivity index (χ1) is 6.17. The summed E-state index contributed by atoms with van der Waals surface area (Å²) in [5.41, 5.74) is -0.994. The quantitative estimate of drug-likeness (QED) is 0.691. The van der Waals surface area contributed by atoms with Gasteiger partial charge in [-0.15, -0.1) is 15.0 Å². The smallest absolute Gasteiger partial charge is 0.175 e. The molecule has 0 aliphatic heterocycles. The summed E-state index contributed by atoms with van der Waals surface area (Å²) in [5, 5.41) is 20.9. The highest BCUT2D eigenvalue weighted by Crippen LogP contribution is 2.17. The van der Waals surface area contributed by atoms with Gasteiger partial charge in [0.2, 0.25) is 0 Å². The lowest BCUT2D eigenvalue weighted by Crippen LogP contribution is -2.32. The van der Waals surface area contributed by atoms with E-state index in [9.17, 15) is 5.11 Å². The fraction of sp³-hybridized carbons (Fsp3) is 0.875. The number of tetrazole rings is 1. The second-order valence-electron chi connectivity index (χ2n) is 3.40. The number of unbranched alkanes of at least 4 members (excludes halogenated alkanes) is 2. The van der Waals surface area contributed by atoms with Crippen LogP contribution in [-0.4, -0.2) is 25.3 Å². The Morgan fingerprint density at radius 2 is 2.23 bits per heavy atom. The SMILES string of the molecule is CCCCCC(C)(O)n1ncnn1. The lowest BCUT2D eigenvalue weighted by atomic mass is 10.1. The van der Waals surface area contributed by atoms with Gasteiger partial charge in [-0.25, -0.2) is 0 Å². The van der Waals surface area contributed by atoms with Gasteiger partial charge in [0, 0.05) is 0 Å². The van der Waals surface area contributed by atoms with Crippen LogP contribution in [0.2, 0.25) is 0 Å². The first-order valence-corrected chi connectivity index (χ1v) is 4.62. The Morgan fingerprint density at radius 1 is 1.46 bits per heavy atom. The molecule has 0 bridgehead atoms. The molecule has 0 aliphatic carbocycles. The summed E-state index contributed by atoms with van der Waals surface area (Å²) in [4.78, 5) is 1.25. The first kappa shape index (κ1) is 10.1. The summed E-state index contributed by atoms with van der Waals surface area (Å²) in [6.45, 7) is 3.83. The summed E-state index contributed by atoms with van der Waals surface area (Å²) in [6, 6.07) is 0. The van der Waals surface area contributed by atoms with Gasteiger partial charge in [-0.05, 0) is 25.0 Å². The Hall–Kier alpha value is -0.970. The van der Waals surface area contributed by atoms with Crippen molar-refractivity contribution in [3.8, 4) is 0 Å². The van der Waals surface area contributed by atoms with E-state index in [0.717, 1.165) is 19.3 Å². The van der Waals surface area contributed by atoms with E-state index in [0.29, 0.717) is 6.42 Å². The third-order valence-corrected chi connectivity index (χ3v) is 2.03. The Morgan fingerprint density at radius 3 is 2.77 bits per heavy atom. The van der Waals surface area contributed by atoms with E-state index in [1.165, 1.54) is 11.1 Å². The van der Waals surface area contributed by atoms with Gasteiger partial charge in [0.25, 0.3) is 0 Å². The maximum atomic E-state index is 9.90. The van der Waals surface area contributed by atoms with Gasteiger partial charge < -0.3 is 5.11 Å². The zero-order valence-corrected chi connectivity index (χ0v) is 8.14. The fourth-order valence-corrected chi connectivity index (χ4v) is 1.20. The lowest BCUT2D eigenvalue weighted by molar-refractivity contribution is -0.0537. The normalized spacial score (nSPS) is 15.6. The third-order valence-electron chi connectivity index (χ3n) is 2.03. The van der Waals surface area contributed by atoms with Crippen molar-refractivity contribution in [2.24, 2.45) is 0 Å². The average molecular weight is 184 g/mol. The van der Waals surface area contributed by atoms with Crippen molar-refractivity contribution < 1.29 is 5.11 Å². The summed E-state index contributed by atoms with van der Waals surface area (Å²) < 4.78 is 0. The minimum Gasteiger partial charge on any atom is -0.368 e. The predicted octanol–water partition coefficient (Wildman–Crippen LogP) is 0.918. The standard InChI is InChI=1S/C8H16N4O/c1-3-4-5-6-8(2,13)12-10-7-9-11-12/h7,13H,3-6H2,1-2H3. The molecule has 0 amide bonds. The Kier molecular flexibility index (Phi) is 3.36. The van der Waals surface area contributed by atoms with Crippen LogP contribution in [0.25, 0.3) is 0 Å². The minimum absolute atomic E-state index is 0.664. The van der Waals surface area contributed by atoms with Crippen LogP contribution in [0.3, 0.4) is 0 Å². The van der Waals surface area contributed by atoms with Crippen molar-refractivity contribution in [3.63, 3.8) is 0 Å². The van der Waals surface area contributed by atoms with Gasteiger partial charge in [0.1, 0.15) is 0 Å². The topological polar surface area (TPSA) is 63.8 Å². The van der Waals surface area contributed by atoms with Crippen LogP contribution >= 0.6 is 0 Å². The number of nitrogens with zero attached hydrogens (tertiary/aromatic N) is 4. The first-order valence-electron chi connectivity index (χ1n) is 4.62. The van der Waals surface area contributed by atoms with Crippen LogP contribution < -0.4 is 0 Å². The molecule has 1 aromatic rings. The number of hydrogen-bond acceptors (Lipinski definition) is 4.